The van der Waals surface area contributed by atoms with E-state index in [4.69, 9.17) is 9.47 Å². The topological polar surface area (TPSA) is 72.8 Å². The Kier molecular flexibility index (Phi) is 51.4. The minimum absolute atomic E-state index is 0.0925. The first-order valence-corrected chi connectivity index (χ1v) is 27.2. The molecule has 362 valence electrons. The molecule has 1 N–H and O–H groups in total. The van der Waals surface area contributed by atoms with Gasteiger partial charge >= 0.3 is 11.9 Å². The van der Waals surface area contributed by atoms with Gasteiger partial charge in [-0.2, -0.15) is 0 Å². The van der Waals surface area contributed by atoms with Crippen LogP contribution in [-0.4, -0.2) is 36.4 Å². The van der Waals surface area contributed by atoms with Gasteiger partial charge in [0, 0.05) is 12.8 Å². The van der Waals surface area contributed by atoms with Crippen LogP contribution in [0.4, 0.5) is 0 Å². The molecular formula is C57H104O5. The molecule has 0 radical (unpaired) electrons. The highest BCUT2D eigenvalue weighted by Crippen LogP contribution is 2.17. The lowest BCUT2D eigenvalue weighted by molar-refractivity contribution is -0.161. The second kappa shape index (κ2) is 53.2. The van der Waals surface area contributed by atoms with E-state index in [1.54, 1.807) is 0 Å². The summed E-state index contributed by atoms with van der Waals surface area (Å²) in [7, 11) is 0. The van der Waals surface area contributed by atoms with Crippen molar-refractivity contribution >= 4 is 11.9 Å². The van der Waals surface area contributed by atoms with Gasteiger partial charge in [-0.05, 0) is 38.5 Å². The van der Waals surface area contributed by atoms with Crippen LogP contribution in [0.5, 0.6) is 0 Å². The number of aliphatic hydroxyl groups is 1. The van der Waals surface area contributed by atoms with Crippen LogP contribution in [0.3, 0.4) is 0 Å². The summed E-state index contributed by atoms with van der Waals surface area (Å²) in [6.45, 7) is 3.99. The van der Waals surface area contributed by atoms with Gasteiger partial charge in [0.25, 0.3) is 0 Å². The van der Waals surface area contributed by atoms with Crippen molar-refractivity contribution in [2.45, 2.75) is 290 Å². The number of allylic oxidation sites excluding steroid dienone is 8. The first-order valence-electron chi connectivity index (χ1n) is 27.2. The van der Waals surface area contributed by atoms with Gasteiger partial charge in [0.2, 0.25) is 0 Å². The monoisotopic (exact) mass is 869 g/mol. The molecule has 0 bridgehead atoms. The van der Waals surface area contributed by atoms with E-state index in [2.05, 4.69) is 50.3 Å². The number of unbranched alkanes of at least 4 members (excludes halogenated alkanes) is 34. The first-order chi connectivity index (χ1) is 30.6. The molecule has 5 heteroatoms. The van der Waals surface area contributed by atoms with Crippen molar-refractivity contribution in [1.82, 2.24) is 0 Å². The van der Waals surface area contributed by atoms with E-state index >= 15 is 0 Å². The SMILES string of the molecule is CC/C=C\C/C=C\C/C=C\C/C=C\CCC(=O)OC(CO)COC(=O)CCCCCCCCCCCCCCCCCCCCCCCCCCCCCCCCCCCCC. The van der Waals surface area contributed by atoms with Crippen molar-refractivity contribution < 1.29 is 24.2 Å². The van der Waals surface area contributed by atoms with E-state index in [-0.39, 0.29) is 31.6 Å². The Morgan fingerprint density at radius 1 is 0.387 bits per heavy atom. The molecule has 0 saturated heterocycles. The molecule has 62 heavy (non-hydrogen) atoms. The number of rotatable bonds is 50. The van der Waals surface area contributed by atoms with Gasteiger partial charge in [0.15, 0.2) is 6.10 Å². The number of carbonyl (C=O) groups excluding carboxylic acids is 2. The minimum atomic E-state index is -0.809. The summed E-state index contributed by atoms with van der Waals surface area (Å²) in [4.78, 5) is 24.3. The van der Waals surface area contributed by atoms with Crippen LogP contribution >= 0.6 is 0 Å². The molecule has 0 aliphatic rings. The lowest BCUT2D eigenvalue weighted by Crippen LogP contribution is -2.28. The predicted octanol–water partition coefficient (Wildman–Crippen LogP) is 18.1. The van der Waals surface area contributed by atoms with E-state index in [1.165, 1.54) is 205 Å². The van der Waals surface area contributed by atoms with E-state index in [0.717, 1.165) is 44.9 Å². The number of ether oxygens (including phenoxy) is 2. The van der Waals surface area contributed by atoms with Gasteiger partial charge < -0.3 is 14.6 Å². The van der Waals surface area contributed by atoms with Gasteiger partial charge in [-0.1, -0.05) is 281 Å². The van der Waals surface area contributed by atoms with Crippen LogP contribution in [0.1, 0.15) is 284 Å². The normalized spacial score (nSPS) is 12.5. The third-order valence-corrected chi connectivity index (χ3v) is 12.2. The second-order valence-electron chi connectivity index (χ2n) is 18.3. The third kappa shape index (κ3) is 50.5. The molecule has 0 amide bonds. The van der Waals surface area contributed by atoms with Crippen molar-refractivity contribution in [1.29, 1.82) is 0 Å². The first kappa shape index (κ1) is 59.9. The zero-order valence-corrected chi connectivity index (χ0v) is 41.4. The number of carbonyl (C=O) groups is 2. The maximum absolute atomic E-state index is 12.2. The van der Waals surface area contributed by atoms with Crippen LogP contribution < -0.4 is 0 Å². The molecule has 5 nitrogen and oxygen atoms in total. The molecule has 0 saturated carbocycles. The Hall–Kier alpha value is -2.14. The number of hydrogen-bond donors (Lipinski definition) is 1. The summed E-state index contributed by atoms with van der Waals surface area (Å²) in [5.74, 6) is -0.676. The minimum Gasteiger partial charge on any atom is -0.462 e. The number of esters is 2. The van der Waals surface area contributed by atoms with Gasteiger partial charge in [-0.3, -0.25) is 9.59 Å². The lowest BCUT2D eigenvalue weighted by Gasteiger charge is -2.15. The second-order valence-corrected chi connectivity index (χ2v) is 18.3. The summed E-state index contributed by atoms with van der Waals surface area (Å²) >= 11 is 0. The summed E-state index contributed by atoms with van der Waals surface area (Å²) in [6, 6.07) is 0. The van der Waals surface area contributed by atoms with Gasteiger partial charge in [0.05, 0.1) is 6.61 Å². The molecule has 0 aliphatic carbocycles. The zero-order valence-electron chi connectivity index (χ0n) is 41.4. The molecule has 1 atom stereocenters. The number of hydrogen-bond acceptors (Lipinski definition) is 5. The zero-order chi connectivity index (χ0) is 44.9. The van der Waals surface area contributed by atoms with Crippen LogP contribution in [-0.2, 0) is 19.1 Å². The summed E-state index contributed by atoms with van der Waals surface area (Å²) in [5.41, 5.74) is 0. The molecule has 0 rings (SSSR count). The van der Waals surface area contributed by atoms with E-state index < -0.39 is 6.10 Å². The fourth-order valence-electron chi connectivity index (χ4n) is 8.10. The highest BCUT2D eigenvalue weighted by molar-refractivity contribution is 5.70. The summed E-state index contributed by atoms with van der Waals surface area (Å²) in [5, 5.41) is 9.58. The highest BCUT2D eigenvalue weighted by atomic mass is 16.6. The standard InChI is InChI=1S/C57H104O5/c1-3-5-7-9-11-13-15-17-18-19-20-21-22-23-24-25-26-27-28-29-30-31-32-33-34-35-36-37-38-40-41-43-45-47-49-51-56(59)61-54-55(53-58)62-57(60)52-50-48-46-44-42-39-16-14-12-10-8-6-4-2/h6,8,12,14,39,42,46,48,55,58H,3-5,7,9-11,13,15-38,40-41,43-45,47,49-54H2,1-2H3/b8-6-,14-12-,42-39-,48-46-. The molecule has 0 aromatic carbocycles. The van der Waals surface area contributed by atoms with Crippen molar-refractivity contribution in [3.63, 3.8) is 0 Å². The highest BCUT2D eigenvalue weighted by Gasteiger charge is 2.15. The average molecular weight is 869 g/mol. The van der Waals surface area contributed by atoms with E-state index in [0.29, 0.717) is 12.8 Å². The Morgan fingerprint density at radius 3 is 1.02 bits per heavy atom. The summed E-state index contributed by atoms with van der Waals surface area (Å²) in [6.07, 6.45) is 69.9. The molecule has 0 heterocycles. The number of aliphatic hydroxyl groups excluding tert-OH is 1. The molecular weight excluding hydrogens is 765 g/mol. The molecule has 0 fully saturated rings. The Labute approximate surface area is 386 Å². The smallest absolute Gasteiger partial charge is 0.306 e. The molecule has 1 unspecified atom stereocenters. The summed E-state index contributed by atoms with van der Waals surface area (Å²) < 4.78 is 10.6. The van der Waals surface area contributed by atoms with Crippen LogP contribution in [0.15, 0.2) is 48.6 Å². The molecule has 0 aromatic rings. The van der Waals surface area contributed by atoms with E-state index in [1.807, 2.05) is 12.2 Å². The maximum Gasteiger partial charge on any atom is 0.306 e. The predicted molar refractivity (Wildman–Crippen MR) is 270 cm³/mol. The van der Waals surface area contributed by atoms with Crippen LogP contribution in [0.25, 0.3) is 0 Å². The van der Waals surface area contributed by atoms with Crippen molar-refractivity contribution in [2.75, 3.05) is 13.2 Å². The van der Waals surface area contributed by atoms with Gasteiger partial charge in [-0.15, -0.1) is 0 Å². The van der Waals surface area contributed by atoms with Crippen molar-refractivity contribution in [3.8, 4) is 0 Å². The molecule has 0 spiro atoms. The fourth-order valence-corrected chi connectivity index (χ4v) is 8.10. The Morgan fingerprint density at radius 2 is 0.694 bits per heavy atom. The molecule has 0 aliphatic heterocycles. The van der Waals surface area contributed by atoms with Crippen molar-refractivity contribution in [3.05, 3.63) is 48.6 Å². The Balaban J connectivity index is 3.39. The largest absolute Gasteiger partial charge is 0.462 e. The van der Waals surface area contributed by atoms with E-state index in [9.17, 15) is 14.7 Å². The van der Waals surface area contributed by atoms with Crippen LogP contribution in [0, 0.1) is 0 Å². The van der Waals surface area contributed by atoms with Gasteiger partial charge in [0.1, 0.15) is 6.61 Å². The van der Waals surface area contributed by atoms with Crippen LogP contribution in [0.2, 0.25) is 0 Å². The maximum atomic E-state index is 12.2. The third-order valence-electron chi connectivity index (χ3n) is 12.2. The molecule has 0 aromatic heterocycles. The quantitative estimate of drug-likeness (QED) is 0.0375. The lowest BCUT2D eigenvalue weighted by atomic mass is 10.0. The van der Waals surface area contributed by atoms with Gasteiger partial charge in [-0.25, -0.2) is 0 Å². The Bertz CT molecular complexity index is 1030. The van der Waals surface area contributed by atoms with Crippen molar-refractivity contribution in [2.24, 2.45) is 0 Å². The fraction of sp³-hybridized carbons (Fsp3) is 0.825. The average Bonchev–Trinajstić information content (AvgIpc) is 3.28.